The minimum atomic E-state index is 0.359. The van der Waals surface area contributed by atoms with E-state index in [1.165, 1.54) is 11.1 Å². The van der Waals surface area contributed by atoms with E-state index in [4.69, 9.17) is 16.3 Å². The number of methoxy groups -OCH3 is 1. The Morgan fingerprint density at radius 2 is 1.72 bits per heavy atom. The van der Waals surface area contributed by atoms with Crippen molar-refractivity contribution in [3.05, 3.63) is 46.4 Å². The van der Waals surface area contributed by atoms with E-state index < -0.39 is 0 Å². The molecule has 0 aliphatic rings. The van der Waals surface area contributed by atoms with Crippen molar-refractivity contribution in [2.75, 3.05) is 7.11 Å². The summed E-state index contributed by atoms with van der Waals surface area (Å²) >= 11 is 6.01. The smallest absolute Gasteiger partial charge is 0.156 e. The summed E-state index contributed by atoms with van der Waals surface area (Å²) in [4.78, 5) is 8.58. The molecule has 1 aromatic carbocycles. The van der Waals surface area contributed by atoms with Gasteiger partial charge in [0, 0.05) is 18.7 Å². The first kappa shape index (κ1) is 13.0. The summed E-state index contributed by atoms with van der Waals surface area (Å²) in [5, 5.41) is 0.436. The molecule has 0 saturated carbocycles. The van der Waals surface area contributed by atoms with E-state index in [1.54, 1.807) is 13.2 Å². The third-order valence-corrected chi connectivity index (χ3v) is 2.73. The summed E-state index contributed by atoms with van der Waals surface area (Å²) in [6.07, 6.45) is 0. The maximum atomic E-state index is 6.01. The average molecular weight is 263 g/mol. The number of aromatic nitrogens is 2. The SMILES string of the molecule is COCc1nc(Cl)cc(-c2cc(C)cc(C)c2)n1. The van der Waals surface area contributed by atoms with E-state index in [9.17, 15) is 0 Å². The van der Waals surface area contributed by atoms with Crippen LogP contribution < -0.4 is 0 Å². The fourth-order valence-corrected chi connectivity index (χ4v) is 2.13. The van der Waals surface area contributed by atoms with Crippen LogP contribution in [0, 0.1) is 13.8 Å². The van der Waals surface area contributed by atoms with Gasteiger partial charge < -0.3 is 4.74 Å². The molecule has 0 unspecified atom stereocenters. The van der Waals surface area contributed by atoms with Gasteiger partial charge in [-0.1, -0.05) is 28.8 Å². The van der Waals surface area contributed by atoms with Gasteiger partial charge in [0.15, 0.2) is 5.82 Å². The minimum Gasteiger partial charge on any atom is -0.377 e. The maximum Gasteiger partial charge on any atom is 0.156 e. The van der Waals surface area contributed by atoms with E-state index >= 15 is 0 Å². The highest BCUT2D eigenvalue weighted by Crippen LogP contribution is 2.22. The fourth-order valence-electron chi connectivity index (χ4n) is 1.93. The molecular formula is C14H15ClN2O. The van der Waals surface area contributed by atoms with Gasteiger partial charge in [0.25, 0.3) is 0 Å². The fraction of sp³-hybridized carbons (Fsp3) is 0.286. The second-order valence-electron chi connectivity index (χ2n) is 4.30. The van der Waals surface area contributed by atoms with Gasteiger partial charge in [-0.25, -0.2) is 9.97 Å². The van der Waals surface area contributed by atoms with Gasteiger partial charge in [-0.2, -0.15) is 0 Å². The van der Waals surface area contributed by atoms with Crippen molar-refractivity contribution in [1.82, 2.24) is 9.97 Å². The van der Waals surface area contributed by atoms with Crippen molar-refractivity contribution < 1.29 is 4.74 Å². The van der Waals surface area contributed by atoms with E-state index in [0.717, 1.165) is 11.3 Å². The molecule has 2 aromatic rings. The molecule has 0 bridgehead atoms. The Morgan fingerprint density at radius 1 is 1.06 bits per heavy atom. The number of rotatable bonds is 3. The van der Waals surface area contributed by atoms with Crippen LogP contribution in [0.4, 0.5) is 0 Å². The molecule has 0 N–H and O–H groups in total. The van der Waals surface area contributed by atoms with Crippen LogP contribution >= 0.6 is 11.6 Å². The molecular weight excluding hydrogens is 248 g/mol. The first-order valence-corrected chi connectivity index (χ1v) is 6.07. The lowest BCUT2D eigenvalue weighted by Gasteiger charge is -2.07. The Balaban J connectivity index is 2.49. The van der Waals surface area contributed by atoms with Crippen LogP contribution in [0.2, 0.25) is 5.15 Å². The summed E-state index contributed by atoms with van der Waals surface area (Å²) in [5.41, 5.74) is 4.28. The van der Waals surface area contributed by atoms with Crippen LogP contribution in [0.5, 0.6) is 0 Å². The third-order valence-electron chi connectivity index (χ3n) is 2.53. The molecule has 3 nitrogen and oxygen atoms in total. The van der Waals surface area contributed by atoms with Gasteiger partial charge >= 0.3 is 0 Å². The summed E-state index contributed by atoms with van der Waals surface area (Å²) in [6, 6.07) is 8.07. The number of ether oxygens (including phenoxy) is 1. The van der Waals surface area contributed by atoms with Crippen LogP contribution in [-0.2, 0) is 11.3 Å². The topological polar surface area (TPSA) is 35.0 Å². The molecule has 1 heterocycles. The van der Waals surface area contributed by atoms with Gasteiger partial charge in [-0.05, 0) is 26.0 Å². The van der Waals surface area contributed by atoms with E-state index in [-0.39, 0.29) is 0 Å². The van der Waals surface area contributed by atoms with Gasteiger partial charge in [0.2, 0.25) is 0 Å². The molecule has 4 heteroatoms. The zero-order chi connectivity index (χ0) is 13.1. The van der Waals surface area contributed by atoms with Crippen molar-refractivity contribution in [3.8, 4) is 11.3 Å². The van der Waals surface area contributed by atoms with Crippen molar-refractivity contribution >= 4 is 11.6 Å². The zero-order valence-corrected chi connectivity index (χ0v) is 11.5. The largest absolute Gasteiger partial charge is 0.377 e. The van der Waals surface area contributed by atoms with Crippen molar-refractivity contribution in [3.63, 3.8) is 0 Å². The van der Waals surface area contributed by atoms with Crippen LogP contribution in [0.25, 0.3) is 11.3 Å². The van der Waals surface area contributed by atoms with Gasteiger partial charge in [0.1, 0.15) is 11.8 Å². The molecule has 1 aromatic heterocycles. The molecule has 0 aliphatic carbocycles. The highest BCUT2D eigenvalue weighted by molar-refractivity contribution is 6.29. The molecule has 0 spiro atoms. The highest BCUT2D eigenvalue weighted by atomic mass is 35.5. The highest BCUT2D eigenvalue weighted by Gasteiger charge is 2.06. The lowest BCUT2D eigenvalue weighted by molar-refractivity contribution is 0.178. The Kier molecular flexibility index (Phi) is 3.94. The molecule has 0 amide bonds. The summed E-state index contributed by atoms with van der Waals surface area (Å²) in [5.74, 6) is 0.596. The molecule has 0 fully saturated rings. The lowest BCUT2D eigenvalue weighted by atomic mass is 10.0. The molecule has 2 rings (SSSR count). The van der Waals surface area contributed by atoms with Crippen LogP contribution in [0.15, 0.2) is 24.3 Å². The standard InChI is InChI=1S/C14H15ClN2O/c1-9-4-10(2)6-11(5-9)12-7-13(15)17-14(16-12)8-18-3/h4-7H,8H2,1-3H3. The number of hydrogen-bond acceptors (Lipinski definition) is 3. The van der Waals surface area contributed by atoms with Gasteiger partial charge in [-0.3, -0.25) is 0 Å². The zero-order valence-electron chi connectivity index (χ0n) is 10.7. The number of aryl methyl sites for hydroxylation is 2. The Morgan fingerprint density at radius 3 is 2.33 bits per heavy atom. The number of hydrogen-bond donors (Lipinski definition) is 0. The third kappa shape index (κ3) is 3.06. The first-order valence-electron chi connectivity index (χ1n) is 5.69. The van der Waals surface area contributed by atoms with Gasteiger partial charge in [0.05, 0.1) is 5.69 Å². The number of nitrogens with zero attached hydrogens (tertiary/aromatic N) is 2. The molecule has 0 saturated heterocycles. The first-order chi connectivity index (χ1) is 8.58. The average Bonchev–Trinajstić information content (AvgIpc) is 2.27. The summed E-state index contributed by atoms with van der Waals surface area (Å²) in [6.45, 7) is 4.49. The Hall–Kier alpha value is -1.45. The Labute approximate surface area is 112 Å². The minimum absolute atomic E-state index is 0.359. The predicted molar refractivity (Wildman–Crippen MR) is 72.7 cm³/mol. The van der Waals surface area contributed by atoms with Crippen LogP contribution in [0.3, 0.4) is 0 Å². The van der Waals surface area contributed by atoms with Gasteiger partial charge in [-0.15, -0.1) is 0 Å². The van der Waals surface area contributed by atoms with Crippen molar-refractivity contribution in [2.45, 2.75) is 20.5 Å². The monoisotopic (exact) mass is 262 g/mol. The number of benzene rings is 1. The molecule has 0 aliphatic heterocycles. The maximum absolute atomic E-state index is 6.01. The molecule has 0 atom stereocenters. The summed E-state index contributed by atoms with van der Waals surface area (Å²) < 4.78 is 5.04. The van der Waals surface area contributed by atoms with Crippen molar-refractivity contribution in [1.29, 1.82) is 0 Å². The quantitative estimate of drug-likeness (QED) is 0.794. The summed E-state index contributed by atoms with van der Waals surface area (Å²) in [7, 11) is 1.61. The van der Waals surface area contributed by atoms with Crippen LogP contribution in [0.1, 0.15) is 17.0 Å². The van der Waals surface area contributed by atoms with E-state index in [0.29, 0.717) is 17.6 Å². The molecule has 94 valence electrons. The second kappa shape index (κ2) is 5.46. The van der Waals surface area contributed by atoms with E-state index in [2.05, 4.69) is 42.0 Å². The Bertz CT molecular complexity index is 549. The van der Waals surface area contributed by atoms with E-state index in [1.807, 2.05) is 0 Å². The number of halogens is 1. The lowest BCUT2D eigenvalue weighted by Crippen LogP contribution is -1.99. The molecule has 0 radical (unpaired) electrons. The van der Waals surface area contributed by atoms with Crippen LogP contribution in [-0.4, -0.2) is 17.1 Å². The predicted octanol–water partition coefficient (Wildman–Crippen LogP) is 3.56. The van der Waals surface area contributed by atoms with Crippen molar-refractivity contribution in [2.24, 2.45) is 0 Å². The molecule has 18 heavy (non-hydrogen) atoms. The normalized spacial score (nSPS) is 10.7. The second-order valence-corrected chi connectivity index (χ2v) is 4.69.